The van der Waals surface area contributed by atoms with Crippen LogP contribution in [0.15, 0.2) is 46.6 Å². The van der Waals surface area contributed by atoms with Gasteiger partial charge in [0.05, 0.1) is 0 Å². The third-order valence-corrected chi connectivity index (χ3v) is 2.89. The Hall–Kier alpha value is -0.960. The number of allylic oxidation sites excluding steroid dienone is 8. The predicted molar refractivity (Wildman–Crippen MR) is 97.0 cm³/mol. The summed E-state index contributed by atoms with van der Waals surface area (Å²) in [7, 11) is 0. The second-order valence-corrected chi connectivity index (χ2v) is 5.94. The molecule has 0 aliphatic carbocycles. The molecule has 0 N–H and O–H groups in total. The first-order chi connectivity index (χ1) is 10.3. The quantitative estimate of drug-likeness (QED) is 0.184. The van der Waals surface area contributed by atoms with Gasteiger partial charge in [-0.1, -0.05) is 34.4 Å². The van der Waals surface area contributed by atoms with Crippen molar-refractivity contribution in [3.05, 3.63) is 46.6 Å². The first-order valence-electron chi connectivity index (χ1n) is 7.82. The van der Waals surface area contributed by atoms with Crippen LogP contribution in [0.2, 0.25) is 0 Å². The number of aldehydes is 2. The van der Waals surface area contributed by atoms with Crippen LogP contribution in [0.5, 0.6) is 0 Å². The molecule has 0 spiro atoms. The van der Waals surface area contributed by atoms with Gasteiger partial charge in [0.25, 0.3) is 0 Å². The van der Waals surface area contributed by atoms with Crippen LogP contribution in [0.1, 0.15) is 67.2 Å². The van der Waals surface area contributed by atoms with Gasteiger partial charge in [0.1, 0.15) is 12.6 Å². The van der Waals surface area contributed by atoms with E-state index in [0.717, 1.165) is 49.4 Å². The molecule has 0 bridgehead atoms. The fourth-order valence-corrected chi connectivity index (χ4v) is 1.58. The first-order valence-corrected chi connectivity index (χ1v) is 7.82. The molecule has 0 aromatic heterocycles. The fourth-order valence-electron chi connectivity index (χ4n) is 1.58. The molecule has 0 fully saturated rings. The average Bonchev–Trinajstić information content (AvgIpc) is 2.39. The number of carbonyl (C=O) groups excluding carboxylic acids is 2. The minimum Gasteiger partial charge on any atom is -0.299 e. The maximum absolute atomic E-state index is 10.0. The van der Waals surface area contributed by atoms with Crippen LogP contribution in [0.3, 0.4) is 0 Å². The minimum atomic E-state index is 0. The van der Waals surface area contributed by atoms with Crippen LogP contribution < -0.4 is 0 Å². The molecule has 0 atom stereocenters. The number of hydrogen-bond donors (Lipinski definition) is 0. The molecule has 135 valence electrons. The third-order valence-electron chi connectivity index (χ3n) is 2.89. The molecule has 0 unspecified atom stereocenters. The molecule has 0 saturated carbocycles. The van der Waals surface area contributed by atoms with Crippen molar-refractivity contribution in [2.45, 2.75) is 67.2 Å². The summed E-state index contributed by atoms with van der Waals surface area (Å²) in [5, 5.41) is 0. The molecule has 0 rings (SSSR count). The number of rotatable bonds is 8. The number of hydrogen-bond acceptors (Lipinski definition) is 2. The topological polar surface area (TPSA) is 34.1 Å². The van der Waals surface area contributed by atoms with Gasteiger partial charge in [0.2, 0.25) is 0 Å². The molecular weight excluding hydrogens is 469 g/mol. The van der Waals surface area contributed by atoms with E-state index in [1.54, 1.807) is 12.2 Å². The van der Waals surface area contributed by atoms with Crippen LogP contribution >= 0.6 is 0 Å². The first kappa shape index (κ1) is 26.9. The Bertz CT molecular complexity index is 391. The van der Waals surface area contributed by atoms with E-state index in [1.165, 1.54) is 11.1 Å². The Morgan fingerprint density at radius 1 is 0.652 bits per heavy atom. The molecule has 3 heteroatoms. The second kappa shape index (κ2) is 19.1. The molecule has 0 aromatic rings. The van der Waals surface area contributed by atoms with Crippen LogP contribution in [0.4, 0.5) is 0 Å². The van der Waals surface area contributed by atoms with E-state index in [-0.39, 0.29) is 22.4 Å². The van der Waals surface area contributed by atoms with Crippen LogP contribution in [-0.2, 0) is 32.0 Å². The van der Waals surface area contributed by atoms with Crippen molar-refractivity contribution in [3.8, 4) is 0 Å². The zero-order chi connectivity index (χ0) is 17.4. The predicted octanol–water partition coefficient (Wildman–Crippen LogP) is 5.75. The van der Waals surface area contributed by atoms with Crippen LogP contribution in [-0.4, -0.2) is 12.6 Å². The van der Waals surface area contributed by atoms with Crippen molar-refractivity contribution in [2.75, 3.05) is 0 Å². The van der Waals surface area contributed by atoms with E-state index in [1.807, 2.05) is 13.8 Å². The van der Waals surface area contributed by atoms with Crippen molar-refractivity contribution < 1.29 is 32.0 Å². The van der Waals surface area contributed by atoms with Crippen molar-refractivity contribution >= 4 is 12.6 Å². The Morgan fingerprint density at radius 3 is 1.17 bits per heavy atom. The Labute approximate surface area is 158 Å². The van der Waals surface area contributed by atoms with E-state index in [9.17, 15) is 9.59 Å². The van der Waals surface area contributed by atoms with Crippen molar-refractivity contribution in [1.82, 2.24) is 0 Å². The fraction of sp³-hybridized carbons (Fsp3) is 0.500. The van der Waals surface area contributed by atoms with Gasteiger partial charge in [-0.25, -0.2) is 0 Å². The summed E-state index contributed by atoms with van der Waals surface area (Å²) in [5.74, 6) is 0. The largest absolute Gasteiger partial charge is 0.299 e. The summed E-state index contributed by atoms with van der Waals surface area (Å²) in [5.41, 5.74) is 4.97. The molecular formula is C20H32AuO2. The van der Waals surface area contributed by atoms with E-state index in [0.29, 0.717) is 0 Å². The average molecular weight is 501 g/mol. The molecule has 0 aromatic carbocycles. The van der Waals surface area contributed by atoms with Crippen LogP contribution in [0.25, 0.3) is 0 Å². The van der Waals surface area contributed by atoms with Gasteiger partial charge in [-0.15, -0.1) is 0 Å². The Balaban J connectivity index is -0.000000333. The van der Waals surface area contributed by atoms with Gasteiger partial charge in [0.15, 0.2) is 0 Å². The monoisotopic (exact) mass is 501 g/mol. The molecule has 1 radical (unpaired) electrons. The van der Waals surface area contributed by atoms with E-state index < -0.39 is 0 Å². The Kier molecular flexibility index (Phi) is 22.3. The summed E-state index contributed by atoms with van der Waals surface area (Å²) >= 11 is 0. The van der Waals surface area contributed by atoms with Gasteiger partial charge >= 0.3 is 0 Å². The zero-order valence-electron chi connectivity index (χ0n) is 15.4. The van der Waals surface area contributed by atoms with Crippen LogP contribution in [0, 0.1) is 0 Å². The summed E-state index contributed by atoms with van der Waals surface area (Å²) < 4.78 is 0. The summed E-state index contributed by atoms with van der Waals surface area (Å²) in [4.78, 5) is 20.0. The van der Waals surface area contributed by atoms with Gasteiger partial charge in [-0.2, -0.15) is 0 Å². The van der Waals surface area contributed by atoms with E-state index in [2.05, 4.69) is 39.8 Å². The normalized spacial score (nSPS) is 10.5. The maximum atomic E-state index is 10.0. The van der Waals surface area contributed by atoms with Crippen molar-refractivity contribution in [2.24, 2.45) is 0 Å². The molecule has 2 nitrogen and oxygen atoms in total. The smallest absolute Gasteiger partial charge is 0.142 e. The molecule has 0 saturated heterocycles. The van der Waals surface area contributed by atoms with Crippen molar-refractivity contribution in [3.63, 3.8) is 0 Å². The minimum absolute atomic E-state index is 0. The molecule has 0 aliphatic heterocycles. The second-order valence-electron chi connectivity index (χ2n) is 5.94. The number of carbonyl (C=O) groups is 2. The zero-order valence-corrected chi connectivity index (χ0v) is 17.6. The van der Waals surface area contributed by atoms with Gasteiger partial charge in [-0.3, -0.25) is 9.59 Å². The molecule has 23 heavy (non-hydrogen) atoms. The molecule has 0 amide bonds. The standard InChI is InChI=1S/2C10H16O.Au/c2*1-9(2)5-4-6-10(3)7-8-11;/h2*5,7-8H,4,6H2,1-3H3;/b2*10-7-;. The SMILES string of the molecule is CC(C)=CCC/C(C)=C\C=O.CC(C)=CCC/C(C)=C\C=O.[Au]. The summed E-state index contributed by atoms with van der Waals surface area (Å²) in [6.45, 7) is 12.3. The molecule has 0 aliphatic rings. The van der Waals surface area contributed by atoms with Crippen molar-refractivity contribution in [1.29, 1.82) is 0 Å². The van der Waals surface area contributed by atoms with Gasteiger partial charge in [0, 0.05) is 22.4 Å². The molecule has 0 heterocycles. The summed E-state index contributed by atoms with van der Waals surface area (Å²) in [6, 6.07) is 0. The third kappa shape index (κ3) is 26.3. The summed E-state index contributed by atoms with van der Waals surface area (Å²) in [6.07, 6.45) is 13.4. The van der Waals surface area contributed by atoms with E-state index in [4.69, 9.17) is 0 Å². The van der Waals surface area contributed by atoms with Gasteiger partial charge in [-0.05, 0) is 79.4 Å². The maximum Gasteiger partial charge on any atom is 0.142 e. The van der Waals surface area contributed by atoms with E-state index >= 15 is 0 Å². The van der Waals surface area contributed by atoms with Gasteiger partial charge < -0.3 is 0 Å². The Morgan fingerprint density at radius 2 is 0.957 bits per heavy atom.